The Labute approximate surface area is 495 Å². The van der Waals surface area contributed by atoms with E-state index in [4.69, 9.17) is 44.3 Å². The van der Waals surface area contributed by atoms with Gasteiger partial charge in [-0.3, -0.25) is 19.2 Å². The third-order valence-corrected chi connectivity index (χ3v) is 15.6. The van der Waals surface area contributed by atoms with Crippen LogP contribution in [0, 0.1) is 0 Å². The van der Waals surface area contributed by atoms with E-state index in [9.17, 15) is 45.5 Å². The van der Waals surface area contributed by atoms with Crippen LogP contribution in [0.25, 0.3) is 0 Å². The van der Waals surface area contributed by atoms with Crippen molar-refractivity contribution in [1.82, 2.24) is 15.1 Å². The fraction of sp³-hybridized carbons (Fsp3) is 0.298. The van der Waals surface area contributed by atoms with Gasteiger partial charge in [-0.1, -0.05) is 53.0 Å². The molecule has 0 aliphatic carbocycles. The molecule has 3 aliphatic heterocycles. The molecule has 0 atom stereocenters. The molecule has 0 unspecified atom stereocenters. The number of methoxy groups -OCH3 is 1. The van der Waals surface area contributed by atoms with Gasteiger partial charge in [0.2, 0.25) is 0 Å². The molecule has 4 N–H and O–H groups in total. The first kappa shape index (κ1) is 62.5. The van der Waals surface area contributed by atoms with Gasteiger partial charge in [0.25, 0.3) is 17.7 Å². The number of amides is 4. The second-order valence-corrected chi connectivity index (χ2v) is 21.4. The Balaban J connectivity index is 0.000000177. The highest BCUT2D eigenvalue weighted by Crippen LogP contribution is 2.39. The molecule has 6 aromatic carbocycles. The molecular formula is C57H53Br2Cl3F6N6O7. The Morgan fingerprint density at radius 3 is 1.47 bits per heavy atom. The summed E-state index contributed by atoms with van der Waals surface area (Å²) in [7, 11) is 3.13. The van der Waals surface area contributed by atoms with E-state index in [-0.39, 0.29) is 46.6 Å². The average Bonchev–Trinajstić information content (AvgIpc) is 3.63. The standard InChI is InChI=1S/C20H15ClF6N2O3.C19H20BrClN2O2.C18H18BrClN2O2/c1-32-15-5-3-11(8-13(15)19(22,23)24)17(30)28-14-4-2-10-6-7-29(9-12(10)16(14)21)18(31)20(25,26)27;1-3-25-17-7-5-13(10-15(17)20)19(24)22-16-6-4-12-8-9-23(2)11-14(12)18(16)21;1-2-24-16-6-4-12(9-14(16)19)18(23)22-15-5-3-11-7-8-21-10-13(11)17(15)20/h2-5,8H,6-7,9H2,1H3,(H,28,30);4-7,10H,3,8-9,11H2,1-2H3,(H,22,24);3-6,9,21H,2,7-8,10H2,1H3,(H,22,23). The molecule has 0 radical (unpaired) electrons. The number of fused-ring (bicyclic) bond motifs is 3. The molecule has 430 valence electrons. The van der Waals surface area contributed by atoms with Crippen molar-refractivity contribution in [3.05, 3.63) is 171 Å². The maximum Gasteiger partial charge on any atom is 0.471 e. The summed E-state index contributed by atoms with van der Waals surface area (Å²) in [6, 6.07) is 24.0. The molecule has 9 rings (SSSR count). The molecule has 4 amide bonds. The number of carbonyl (C=O) groups excluding carboxylic acids is 4. The highest BCUT2D eigenvalue weighted by atomic mass is 79.9. The predicted octanol–water partition coefficient (Wildman–Crippen LogP) is 14.2. The van der Waals surface area contributed by atoms with Crippen molar-refractivity contribution in [2.45, 2.75) is 65.1 Å². The zero-order valence-corrected chi connectivity index (χ0v) is 49.3. The minimum absolute atomic E-state index is 0.0129. The molecule has 0 spiro atoms. The first-order valence-electron chi connectivity index (χ1n) is 25.1. The number of likely N-dealkylation sites (N-methyl/N-ethyl adjacent to an activating group) is 1. The van der Waals surface area contributed by atoms with Gasteiger partial charge in [0.05, 0.1) is 67.0 Å². The molecule has 6 aromatic rings. The van der Waals surface area contributed by atoms with Gasteiger partial charge in [-0.25, -0.2) is 0 Å². The van der Waals surface area contributed by atoms with Crippen LogP contribution in [0.2, 0.25) is 15.1 Å². The monoisotopic (exact) mass is 1310 g/mol. The SMILES string of the molecule is CCOc1ccc(C(=O)Nc2ccc3c(c2Cl)CN(C)CC3)cc1Br.CCOc1ccc(C(=O)Nc2ccc3c(c2Cl)CNCC3)cc1Br.COc1ccc(C(=O)Nc2ccc3c(c2Cl)CN(C(=O)C(F)(F)F)CC3)cc1C(F)(F)F. The van der Waals surface area contributed by atoms with Gasteiger partial charge in [0, 0.05) is 49.4 Å². The number of nitrogens with one attached hydrogen (secondary N) is 4. The normalized spacial score (nSPS) is 13.8. The zero-order valence-electron chi connectivity index (χ0n) is 43.8. The van der Waals surface area contributed by atoms with Crippen molar-refractivity contribution >= 4 is 107 Å². The third kappa shape index (κ3) is 15.5. The Hall–Kier alpha value is -6.07. The summed E-state index contributed by atoms with van der Waals surface area (Å²) in [6.07, 6.45) is -7.75. The van der Waals surface area contributed by atoms with E-state index in [0.717, 1.165) is 78.3 Å². The zero-order chi connectivity index (χ0) is 58.9. The van der Waals surface area contributed by atoms with Crippen molar-refractivity contribution < 1.29 is 59.7 Å². The average molecular weight is 1310 g/mol. The number of hydrogen-bond donors (Lipinski definition) is 4. The van der Waals surface area contributed by atoms with Crippen molar-refractivity contribution in [3.8, 4) is 17.2 Å². The van der Waals surface area contributed by atoms with Gasteiger partial charge in [0.1, 0.15) is 17.2 Å². The minimum Gasteiger partial charge on any atom is -0.496 e. The summed E-state index contributed by atoms with van der Waals surface area (Å²) >= 11 is 26.1. The summed E-state index contributed by atoms with van der Waals surface area (Å²) in [5.74, 6) is -2.36. The summed E-state index contributed by atoms with van der Waals surface area (Å²) in [5, 5.41) is 12.6. The van der Waals surface area contributed by atoms with E-state index in [1.807, 2.05) is 32.0 Å². The predicted molar refractivity (Wildman–Crippen MR) is 307 cm³/mol. The summed E-state index contributed by atoms with van der Waals surface area (Å²) in [6.45, 7) is 7.91. The smallest absolute Gasteiger partial charge is 0.471 e. The van der Waals surface area contributed by atoms with Crippen LogP contribution in [-0.4, -0.2) is 86.6 Å². The van der Waals surface area contributed by atoms with Gasteiger partial charge < -0.3 is 45.3 Å². The van der Waals surface area contributed by atoms with Gasteiger partial charge in [-0.05, 0) is 185 Å². The number of hydrogen-bond acceptors (Lipinski definition) is 9. The van der Waals surface area contributed by atoms with Crippen LogP contribution in [0.1, 0.15) is 83.9 Å². The Kier molecular flexibility index (Phi) is 21.1. The maximum absolute atomic E-state index is 13.2. The molecule has 3 aliphatic rings. The summed E-state index contributed by atoms with van der Waals surface area (Å²) in [4.78, 5) is 52.0. The lowest BCUT2D eigenvalue weighted by Gasteiger charge is -2.30. The van der Waals surface area contributed by atoms with Gasteiger partial charge in [-0.2, -0.15) is 26.3 Å². The quantitative estimate of drug-likeness (QED) is 0.0930. The van der Waals surface area contributed by atoms with Crippen molar-refractivity contribution in [2.75, 3.05) is 63.0 Å². The van der Waals surface area contributed by atoms with Gasteiger partial charge >= 0.3 is 18.3 Å². The highest BCUT2D eigenvalue weighted by Gasteiger charge is 2.43. The first-order chi connectivity index (χ1) is 38.4. The highest BCUT2D eigenvalue weighted by molar-refractivity contribution is 9.11. The van der Waals surface area contributed by atoms with Gasteiger partial charge in [0.15, 0.2) is 0 Å². The molecule has 81 heavy (non-hydrogen) atoms. The molecule has 0 bridgehead atoms. The number of halogens is 11. The molecule has 13 nitrogen and oxygen atoms in total. The maximum atomic E-state index is 13.2. The van der Waals surface area contributed by atoms with Crippen LogP contribution in [0.15, 0.2) is 99.9 Å². The van der Waals surface area contributed by atoms with E-state index in [1.54, 1.807) is 36.4 Å². The summed E-state index contributed by atoms with van der Waals surface area (Å²) in [5.41, 5.74) is 6.34. The number of rotatable bonds is 11. The number of benzene rings is 6. The molecular weight excluding hydrogens is 1260 g/mol. The molecule has 3 heterocycles. The van der Waals surface area contributed by atoms with E-state index in [2.05, 4.69) is 75.9 Å². The van der Waals surface area contributed by atoms with E-state index in [1.165, 1.54) is 23.3 Å². The second kappa shape index (κ2) is 27.3. The lowest BCUT2D eigenvalue weighted by atomic mass is 9.98. The minimum atomic E-state index is -5.04. The molecule has 0 saturated heterocycles. The Morgan fingerprint density at radius 1 is 0.593 bits per heavy atom. The number of nitrogens with zero attached hydrogens (tertiary/aromatic N) is 2. The Morgan fingerprint density at radius 2 is 1.02 bits per heavy atom. The topological polar surface area (TPSA) is 151 Å². The molecule has 0 aromatic heterocycles. The van der Waals surface area contributed by atoms with Crippen LogP contribution in [0.3, 0.4) is 0 Å². The lowest BCUT2D eigenvalue weighted by molar-refractivity contribution is -0.186. The van der Waals surface area contributed by atoms with Crippen molar-refractivity contribution in [2.24, 2.45) is 0 Å². The van der Waals surface area contributed by atoms with E-state index in [0.29, 0.717) is 73.8 Å². The number of alkyl halides is 6. The fourth-order valence-corrected chi connectivity index (χ4v) is 10.8. The third-order valence-electron chi connectivity index (χ3n) is 13.1. The van der Waals surface area contributed by atoms with Crippen LogP contribution in [0.5, 0.6) is 17.2 Å². The van der Waals surface area contributed by atoms with Crippen molar-refractivity contribution in [3.63, 3.8) is 0 Å². The fourth-order valence-electron chi connectivity index (χ4n) is 8.97. The van der Waals surface area contributed by atoms with Gasteiger partial charge in [-0.15, -0.1) is 0 Å². The lowest BCUT2D eigenvalue weighted by Crippen LogP contribution is -2.43. The second-order valence-electron chi connectivity index (χ2n) is 18.5. The van der Waals surface area contributed by atoms with Crippen LogP contribution < -0.4 is 35.5 Å². The number of anilines is 3. The van der Waals surface area contributed by atoms with Crippen LogP contribution in [0.4, 0.5) is 43.4 Å². The molecule has 24 heteroatoms. The Bertz CT molecular complexity index is 3350. The largest absolute Gasteiger partial charge is 0.496 e. The van der Waals surface area contributed by atoms with E-state index < -0.39 is 42.0 Å². The first-order valence-corrected chi connectivity index (χ1v) is 27.8. The number of carbonyl (C=O) groups is 4. The van der Waals surface area contributed by atoms with Crippen LogP contribution in [-0.2, 0) is 49.9 Å². The molecule has 0 saturated carbocycles. The van der Waals surface area contributed by atoms with Crippen molar-refractivity contribution in [1.29, 1.82) is 0 Å². The van der Waals surface area contributed by atoms with E-state index >= 15 is 0 Å². The number of ether oxygens (including phenoxy) is 3. The summed E-state index contributed by atoms with van der Waals surface area (Å²) < 4.78 is 95.0. The van der Waals surface area contributed by atoms with Crippen LogP contribution >= 0.6 is 66.7 Å². The molecule has 0 fully saturated rings.